The van der Waals surface area contributed by atoms with E-state index in [4.69, 9.17) is 18.0 Å². The first-order chi connectivity index (χ1) is 27.2. The van der Waals surface area contributed by atoms with Crippen LogP contribution in [0.15, 0.2) is 109 Å². The van der Waals surface area contributed by atoms with Crippen molar-refractivity contribution in [3.63, 3.8) is 0 Å². The van der Waals surface area contributed by atoms with Crippen molar-refractivity contribution in [3.8, 4) is 0 Å². The first kappa shape index (κ1) is 40.0. The smallest absolute Gasteiger partial charge is 0.410 e. The molecule has 2 fully saturated rings. The summed E-state index contributed by atoms with van der Waals surface area (Å²) < 4.78 is 21.3. The maximum atomic E-state index is 13.4. The van der Waals surface area contributed by atoms with E-state index in [-0.39, 0.29) is 43.9 Å². The van der Waals surface area contributed by atoms with Crippen LogP contribution in [0.2, 0.25) is 0 Å². The van der Waals surface area contributed by atoms with Crippen molar-refractivity contribution in [2.45, 2.75) is 51.2 Å². The molecule has 4 amide bonds. The van der Waals surface area contributed by atoms with Gasteiger partial charge in [-0.05, 0) is 58.9 Å². The standard InChI is InChI=1S/C42H44N4O9S/c1-29-23-37(45(25-29)41(49)52-27-32-9-5-3-6-10-32)39(47)43-34-19-15-30(16-20-34)13-14-31-17-21-35(22-18-31)44-40(48)38-24-36(54-56-55-51-2)26-46(38)42(50)53-28-33-11-7-4-8-12-33/h3-22,29,36-38H,23-28H2,1-2H3,(H,43,47)(H,44,48)/b14-13+/t29-,36-,37+,38+/m1/s1. The SMILES string of the molecule is COOSO[C@@H]1C[C@@H](C(=O)Nc2ccc(/C=C/c3ccc(NC(=O)[C@@H]4C[C@@H](C)CN4C(=O)OCc4ccccc4)cc3)cc2)N(C(=O)OCc2ccccc2)C1. The van der Waals surface area contributed by atoms with Gasteiger partial charge in [-0.3, -0.25) is 23.6 Å². The lowest BCUT2D eigenvalue weighted by Crippen LogP contribution is -2.43. The summed E-state index contributed by atoms with van der Waals surface area (Å²) in [7, 11) is 1.35. The van der Waals surface area contributed by atoms with E-state index in [1.165, 1.54) is 16.9 Å². The maximum Gasteiger partial charge on any atom is 0.410 e. The Morgan fingerprint density at radius 1 is 0.661 bits per heavy atom. The van der Waals surface area contributed by atoms with E-state index >= 15 is 0 Å². The van der Waals surface area contributed by atoms with Gasteiger partial charge in [0.1, 0.15) is 25.3 Å². The quantitative estimate of drug-likeness (QED) is 0.0429. The average Bonchev–Trinajstić information content (AvgIpc) is 3.84. The number of hydrogen-bond donors (Lipinski definition) is 2. The fraction of sp³-hybridized carbons (Fsp3) is 0.286. The molecule has 4 aromatic carbocycles. The number of hydrogen-bond acceptors (Lipinski definition) is 10. The Hall–Kier alpha value is -5.67. The normalized spacial score (nSPS) is 19.2. The minimum Gasteiger partial charge on any atom is -0.445 e. The van der Waals surface area contributed by atoms with Crippen LogP contribution in [0.4, 0.5) is 21.0 Å². The molecule has 0 unspecified atom stereocenters. The molecular weight excluding hydrogens is 737 g/mol. The molecule has 0 radical (unpaired) electrons. The summed E-state index contributed by atoms with van der Waals surface area (Å²) in [4.78, 5) is 60.1. The molecule has 0 saturated carbocycles. The fourth-order valence-electron chi connectivity index (χ4n) is 6.52. The van der Waals surface area contributed by atoms with Gasteiger partial charge in [-0.2, -0.15) is 0 Å². The van der Waals surface area contributed by atoms with Crippen LogP contribution in [0.5, 0.6) is 0 Å². The molecule has 13 nitrogen and oxygen atoms in total. The van der Waals surface area contributed by atoms with Crippen LogP contribution in [-0.2, 0) is 45.7 Å². The Labute approximate surface area is 330 Å². The predicted octanol–water partition coefficient (Wildman–Crippen LogP) is 7.72. The molecule has 2 saturated heterocycles. The summed E-state index contributed by atoms with van der Waals surface area (Å²) in [5.74, 6) is -0.464. The number of amides is 4. The van der Waals surface area contributed by atoms with E-state index in [2.05, 4.69) is 15.5 Å². The Bertz CT molecular complexity index is 1950. The number of ether oxygens (including phenoxy) is 2. The van der Waals surface area contributed by atoms with Gasteiger partial charge in [0.05, 0.1) is 19.8 Å². The number of anilines is 2. The zero-order valence-corrected chi connectivity index (χ0v) is 31.9. The minimum atomic E-state index is -0.833. The van der Waals surface area contributed by atoms with Crippen molar-refractivity contribution in [3.05, 3.63) is 131 Å². The summed E-state index contributed by atoms with van der Waals surface area (Å²) in [5.41, 5.74) is 4.70. The minimum absolute atomic E-state index is 0.0709. The third kappa shape index (κ3) is 11.2. The third-order valence-electron chi connectivity index (χ3n) is 9.35. The van der Waals surface area contributed by atoms with Crippen molar-refractivity contribution in [2.75, 3.05) is 30.8 Å². The Morgan fingerprint density at radius 2 is 1.12 bits per heavy atom. The molecule has 4 aromatic rings. The molecule has 0 aromatic heterocycles. The molecule has 14 heteroatoms. The maximum absolute atomic E-state index is 13.4. The lowest BCUT2D eigenvalue weighted by atomic mass is 10.1. The first-order valence-electron chi connectivity index (χ1n) is 18.2. The van der Waals surface area contributed by atoms with E-state index in [0.717, 1.165) is 22.3 Å². The van der Waals surface area contributed by atoms with Crippen molar-refractivity contribution in [2.24, 2.45) is 5.92 Å². The van der Waals surface area contributed by atoms with Gasteiger partial charge in [0, 0.05) is 24.3 Å². The fourth-order valence-corrected chi connectivity index (χ4v) is 6.85. The van der Waals surface area contributed by atoms with E-state index in [9.17, 15) is 19.2 Å². The number of nitrogens with zero attached hydrogens (tertiary/aromatic N) is 2. The van der Waals surface area contributed by atoms with Crippen LogP contribution in [-0.4, -0.2) is 72.2 Å². The molecular formula is C42H44N4O9S. The monoisotopic (exact) mass is 780 g/mol. The number of rotatable bonds is 14. The molecule has 0 spiro atoms. The average molecular weight is 781 g/mol. The number of carbonyl (C=O) groups is 4. The molecule has 56 heavy (non-hydrogen) atoms. The van der Waals surface area contributed by atoms with E-state index in [1.807, 2.05) is 116 Å². The summed E-state index contributed by atoms with van der Waals surface area (Å²) >= 11 is 0.634. The molecule has 0 bridgehead atoms. The van der Waals surface area contributed by atoms with Crippen molar-refractivity contribution in [1.82, 2.24) is 9.80 Å². The van der Waals surface area contributed by atoms with Crippen LogP contribution >= 0.6 is 12.3 Å². The molecule has 2 aliphatic heterocycles. The van der Waals surface area contributed by atoms with E-state index in [1.54, 1.807) is 12.1 Å². The number of carbonyl (C=O) groups excluding carboxylic acids is 4. The lowest BCUT2D eigenvalue weighted by Gasteiger charge is -2.23. The molecule has 4 atom stereocenters. The van der Waals surface area contributed by atoms with Crippen molar-refractivity contribution >= 4 is 59.9 Å². The van der Waals surface area contributed by atoms with E-state index in [0.29, 0.717) is 36.7 Å². The van der Waals surface area contributed by atoms with Crippen LogP contribution in [0.3, 0.4) is 0 Å². The second kappa shape index (κ2) is 19.8. The van der Waals surface area contributed by atoms with Gasteiger partial charge in [0.2, 0.25) is 11.8 Å². The zero-order chi connectivity index (χ0) is 39.3. The highest BCUT2D eigenvalue weighted by Gasteiger charge is 2.42. The molecule has 2 heterocycles. The second-order valence-corrected chi connectivity index (χ2v) is 14.0. The van der Waals surface area contributed by atoms with Gasteiger partial charge in [0.15, 0.2) is 12.3 Å². The Balaban J connectivity index is 0.998. The van der Waals surface area contributed by atoms with Gasteiger partial charge >= 0.3 is 12.2 Å². The molecule has 292 valence electrons. The van der Waals surface area contributed by atoms with Gasteiger partial charge < -0.3 is 20.1 Å². The molecule has 0 aliphatic carbocycles. The predicted molar refractivity (Wildman–Crippen MR) is 212 cm³/mol. The number of nitrogens with one attached hydrogen (secondary N) is 2. The first-order valence-corrected chi connectivity index (χ1v) is 18.9. The van der Waals surface area contributed by atoms with Crippen molar-refractivity contribution < 1.29 is 42.1 Å². The largest absolute Gasteiger partial charge is 0.445 e. The molecule has 2 N–H and O–H groups in total. The highest BCUT2D eigenvalue weighted by atomic mass is 32.2. The summed E-state index contributed by atoms with van der Waals surface area (Å²) in [6, 6.07) is 32.0. The highest BCUT2D eigenvalue weighted by molar-refractivity contribution is 7.89. The molecule has 2 aliphatic rings. The van der Waals surface area contributed by atoms with Crippen LogP contribution in [0.25, 0.3) is 12.2 Å². The highest BCUT2D eigenvalue weighted by Crippen LogP contribution is 2.28. The number of benzene rings is 4. The van der Waals surface area contributed by atoms with Crippen LogP contribution in [0, 0.1) is 5.92 Å². The van der Waals surface area contributed by atoms with Gasteiger partial charge in [-0.25, -0.2) is 14.5 Å². The van der Waals surface area contributed by atoms with Gasteiger partial charge in [-0.15, -0.1) is 4.33 Å². The molecule has 6 rings (SSSR count). The van der Waals surface area contributed by atoms with Crippen LogP contribution < -0.4 is 10.6 Å². The Morgan fingerprint density at radius 3 is 1.61 bits per heavy atom. The van der Waals surface area contributed by atoms with Gasteiger partial charge in [-0.1, -0.05) is 104 Å². The van der Waals surface area contributed by atoms with Crippen LogP contribution in [0.1, 0.15) is 42.0 Å². The third-order valence-corrected chi connectivity index (χ3v) is 9.90. The van der Waals surface area contributed by atoms with Gasteiger partial charge in [0.25, 0.3) is 0 Å². The topological polar surface area (TPSA) is 145 Å². The van der Waals surface area contributed by atoms with Crippen molar-refractivity contribution in [1.29, 1.82) is 0 Å². The summed E-state index contributed by atoms with van der Waals surface area (Å²) in [5, 5.41) is 5.85. The van der Waals surface area contributed by atoms with E-state index < -0.39 is 30.4 Å². The summed E-state index contributed by atoms with van der Waals surface area (Å²) in [6.45, 7) is 2.82. The zero-order valence-electron chi connectivity index (χ0n) is 31.1. The summed E-state index contributed by atoms with van der Waals surface area (Å²) in [6.07, 6.45) is 3.04. The lowest BCUT2D eigenvalue weighted by molar-refractivity contribution is -0.167. The number of likely N-dealkylation sites (tertiary alicyclic amines) is 2. The Kier molecular flexibility index (Phi) is 14.1. The second-order valence-electron chi connectivity index (χ2n) is 13.6.